The molecular weight excluding hydrogens is 262 g/mol. The van der Waals surface area contributed by atoms with Gasteiger partial charge in [-0.2, -0.15) is 0 Å². The van der Waals surface area contributed by atoms with Gasteiger partial charge in [-0.1, -0.05) is 18.7 Å². The maximum Gasteiger partial charge on any atom is 0.313 e. The molecule has 1 aromatic rings. The molecule has 0 saturated carbocycles. The van der Waals surface area contributed by atoms with Gasteiger partial charge >= 0.3 is 5.97 Å². The molecule has 106 valence electrons. The molecule has 1 N–H and O–H groups in total. The van der Waals surface area contributed by atoms with Gasteiger partial charge in [-0.05, 0) is 32.9 Å². The average molecular weight is 283 g/mol. The zero-order valence-corrected chi connectivity index (χ0v) is 12.3. The summed E-state index contributed by atoms with van der Waals surface area (Å²) < 4.78 is 2.16. The molecule has 5 nitrogen and oxygen atoms in total. The van der Waals surface area contributed by atoms with Crippen molar-refractivity contribution in [3.8, 4) is 0 Å². The number of likely N-dealkylation sites (tertiary alicyclic amines) is 1. The molecule has 1 aromatic heterocycles. The number of likely N-dealkylation sites (N-methyl/N-ethyl adjacent to an activating group) is 1. The lowest BCUT2D eigenvalue weighted by Crippen LogP contribution is -2.33. The first-order valence-electron chi connectivity index (χ1n) is 6.72. The molecule has 1 saturated heterocycles. The molecule has 2 heterocycles. The minimum atomic E-state index is -0.798. The number of carboxylic acids is 1. The number of hydrogen-bond donors (Lipinski definition) is 1. The Kier molecular flexibility index (Phi) is 4.87. The minimum Gasteiger partial charge on any atom is -0.481 e. The molecule has 0 spiro atoms. The van der Waals surface area contributed by atoms with Gasteiger partial charge in [-0.25, -0.2) is 4.98 Å². The van der Waals surface area contributed by atoms with E-state index in [2.05, 4.69) is 21.4 Å². The molecule has 1 unspecified atom stereocenters. The topological polar surface area (TPSA) is 58.4 Å². The lowest BCUT2D eigenvalue weighted by molar-refractivity contribution is -0.133. The molecule has 1 aliphatic heterocycles. The molecule has 1 atom stereocenters. The number of aliphatic carboxylic acids is 1. The van der Waals surface area contributed by atoms with Crippen LogP contribution in [0, 0.1) is 6.92 Å². The Morgan fingerprint density at radius 1 is 1.63 bits per heavy atom. The van der Waals surface area contributed by atoms with Crippen molar-refractivity contribution in [1.82, 2.24) is 14.5 Å². The fourth-order valence-corrected chi connectivity index (χ4v) is 3.39. The average Bonchev–Trinajstić information content (AvgIpc) is 2.96. The second-order valence-electron chi connectivity index (χ2n) is 4.90. The van der Waals surface area contributed by atoms with E-state index in [1.807, 2.05) is 13.1 Å². The van der Waals surface area contributed by atoms with Crippen LogP contribution in [-0.4, -0.2) is 50.4 Å². The SMILES string of the molecule is CCN1CCCC1Cn1c(C)cnc1SCC(=O)O. The predicted molar refractivity (Wildman–Crippen MR) is 75.6 cm³/mol. The summed E-state index contributed by atoms with van der Waals surface area (Å²) in [6.07, 6.45) is 4.30. The number of nitrogens with zero attached hydrogens (tertiary/aromatic N) is 3. The van der Waals surface area contributed by atoms with E-state index < -0.39 is 5.97 Å². The zero-order chi connectivity index (χ0) is 13.8. The van der Waals surface area contributed by atoms with Gasteiger partial charge in [0.2, 0.25) is 0 Å². The normalized spacial score (nSPS) is 20.0. The van der Waals surface area contributed by atoms with Gasteiger partial charge in [-0.3, -0.25) is 9.69 Å². The maximum atomic E-state index is 10.7. The van der Waals surface area contributed by atoms with E-state index in [0.717, 1.165) is 23.9 Å². The second-order valence-corrected chi connectivity index (χ2v) is 5.84. The first kappa shape index (κ1) is 14.4. The van der Waals surface area contributed by atoms with Crippen LogP contribution in [0.1, 0.15) is 25.5 Å². The van der Waals surface area contributed by atoms with Crippen LogP contribution in [0.25, 0.3) is 0 Å². The van der Waals surface area contributed by atoms with Crippen LogP contribution in [0.3, 0.4) is 0 Å². The molecule has 0 amide bonds. The van der Waals surface area contributed by atoms with Crippen molar-refractivity contribution in [3.05, 3.63) is 11.9 Å². The quantitative estimate of drug-likeness (QED) is 0.807. The van der Waals surface area contributed by atoms with E-state index in [9.17, 15) is 4.79 Å². The van der Waals surface area contributed by atoms with Crippen molar-refractivity contribution < 1.29 is 9.90 Å². The fraction of sp³-hybridized carbons (Fsp3) is 0.692. The summed E-state index contributed by atoms with van der Waals surface area (Å²) in [5, 5.41) is 9.59. The fourth-order valence-electron chi connectivity index (χ4n) is 2.63. The Morgan fingerprint density at radius 3 is 3.11 bits per heavy atom. The highest BCUT2D eigenvalue weighted by Gasteiger charge is 2.24. The van der Waals surface area contributed by atoms with Crippen molar-refractivity contribution in [2.45, 2.75) is 44.4 Å². The predicted octanol–water partition coefficient (Wildman–Crippen LogP) is 1.85. The summed E-state index contributed by atoms with van der Waals surface area (Å²) in [6, 6.07) is 0.557. The second kappa shape index (κ2) is 6.43. The van der Waals surface area contributed by atoms with E-state index in [1.54, 1.807) is 0 Å². The number of rotatable bonds is 6. The highest BCUT2D eigenvalue weighted by atomic mass is 32.2. The third-order valence-corrected chi connectivity index (χ3v) is 4.62. The lowest BCUT2D eigenvalue weighted by Gasteiger charge is -2.24. The van der Waals surface area contributed by atoms with Gasteiger partial charge in [0.1, 0.15) is 0 Å². The summed E-state index contributed by atoms with van der Waals surface area (Å²) in [6.45, 7) is 7.40. The molecule has 1 aliphatic rings. The van der Waals surface area contributed by atoms with Crippen LogP contribution in [0.15, 0.2) is 11.4 Å². The number of imidazole rings is 1. The van der Waals surface area contributed by atoms with Gasteiger partial charge in [0.15, 0.2) is 5.16 Å². The number of aromatic nitrogens is 2. The molecule has 0 aromatic carbocycles. The highest BCUT2D eigenvalue weighted by molar-refractivity contribution is 7.99. The van der Waals surface area contributed by atoms with Crippen LogP contribution >= 0.6 is 11.8 Å². The lowest BCUT2D eigenvalue weighted by atomic mass is 10.2. The number of aryl methyl sites for hydroxylation is 1. The Hall–Kier alpha value is -1.01. The van der Waals surface area contributed by atoms with Crippen molar-refractivity contribution in [2.24, 2.45) is 0 Å². The van der Waals surface area contributed by atoms with E-state index in [1.165, 1.54) is 31.1 Å². The van der Waals surface area contributed by atoms with Gasteiger partial charge in [0.25, 0.3) is 0 Å². The summed E-state index contributed by atoms with van der Waals surface area (Å²) in [5.74, 6) is -0.730. The third-order valence-electron chi connectivity index (χ3n) is 3.64. The molecule has 6 heteroatoms. The summed E-state index contributed by atoms with van der Waals surface area (Å²) in [5.41, 5.74) is 1.11. The van der Waals surface area contributed by atoms with Gasteiger partial charge in [-0.15, -0.1) is 0 Å². The van der Waals surface area contributed by atoms with Crippen molar-refractivity contribution in [1.29, 1.82) is 0 Å². The maximum absolute atomic E-state index is 10.7. The van der Waals surface area contributed by atoms with E-state index in [4.69, 9.17) is 5.11 Å². The molecule has 0 radical (unpaired) electrons. The van der Waals surface area contributed by atoms with Crippen LogP contribution in [0.2, 0.25) is 0 Å². The zero-order valence-electron chi connectivity index (χ0n) is 11.5. The first-order chi connectivity index (χ1) is 9.11. The molecule has 0 bridgehead atoms. The smallest absolute Gasteiger partial charge is 0.313 e. The molecule has 2 rings (SSSR count). The molecular formula is C13H21N3O2S. The van der Waals surface area contributed by atoms with Gasteiger partial charge in [0, 0.05) is 24.5 Å². The first-order valence-corrected chi connectivity index (χ1v) is 7.71. The van der Waals surface area contributed by atoms with Crippen molar-refractivity contribution >= 4 is 17.7 Å². The molecule has 0 aliphatic carbocycles. The van der Waals surface area contributed by atoms with Gasteiger partial charge in [0.05, 0.1) is 5.75 Å². The van der Waals surface area contributed by atoms with Crippen LogP contribution < -0.4 is 0 Å². The summed E-state index contributed by atoms with van der Waals surface area (Å²) in [4.78, 5) is 17.5. The Labute approximate surface area is 118 Å². The largest absolute Gasteiger partial charge is 0.481 e. The van der Waals surface area contributed by atoms with E-state index >= 15 is 0 Å². The van der Waals surface area contributed by atoms with Gasteiger partial charge < -0.3 is 9.67 Å². The minimum absolute atomic E-state index is 0.0681. The number of hydrogen-bond acceptors (Lipinski definition) is 4. The molecule has 19 heavy (non-hydrogen) atoms. The van der Waals surface area contributed by atoms with Crippen LogP contribution in [0.4, 0.5) is 0 Å². The Balaban J connectivity index is 2.06. The van der Waals surface area contributed by atoms with Crippen molar-refractivity contribution in [3.63, 3.8) is 0 Å². The number of carbonyl (C=O) groups is 1. The number of carboxylic acid groups (broad SMARTS) is 1. The Morgan fingerprint density at radius 2 is 2.42 bits per heavy atom. The van der Waals surface area contributed by atoms with E-state index in [0.29, 0.717) is 6.04 Å². The van der Waals surface area contributed by atoms with Crippen LogP contribution in [0.5, 0.6) is 0 Å². The third kappa shape index (κ3) is 3.51. The highest BCUT2D eigenvalue weighted by Crippen LogP contribution is 2.23. The van der Waals surface area contributed by atoms with Crippen LogP contribution in [-0.2, 0) is 11.3 Å². The van der Waals surface area contributed by atoms with E-state index in [-0.39, 0.29) is 5.75 Å². The Bertz CT molecular complexity index is 447. The standard InChI is InChI=1S/C13H21N3O2S/c1-3-15-6-4-5-11(15)8-16-10(2)7-14-13(16)19-9-12(17)18/h7,11H,3-6,8-9H2,1-2H3,(H,17,18). The molecule has 1 fully saturated rings. The number of thioether (sulfide) groups is 1. The summed E-state index contributed by atoms with van der Waals surface area (Å²) in [7, 11) is 0. The summed E-state index contributed by atoms with van der Waals surface area (Å²) >= 11 is 1.30. The monoisotopic (exact) mass is 283 g/mol. The van der Waals surface area contributed by atoms with Crippen molar-refractivity contribution in [2.75, 3.05) is 18.8 Å².